The molecule has 0 aliphatic carbocycles. The second-order valence-corrected chi connectivity index (χ2v) is 8.34. The molecule has 1 aromatic heterocycles. The van der Waals surface area contributed by atoms with Crippen LogP contribution < -0.4 is 4.90 Å². The molecule has 2 bridgehead atoms. The molecule has 0 spiro atoms. The van der Waals surface area contributed by atoms with Gasteiger partial charge in [-0.25, -0.2) is 4.79 Å². The van der Waals surface area contributed by atoms with Crippen LogP contribution in [0.2, 0.25) is 0 Å². The number of fused-ring (bicyclic) bond motifs is 3. The van der Waals surface area contributed by atoms with Crippen molar-refractivity contribution in [2.24, 2.45) is 5.92 Å². The summed E-state index contributed by atoms with van der Waals surface area (Å²) in [5, 5.41) is 4.13. The van der Waals surface area contributed by atoms with Gasteiger partial charge in [0, 0.05) is 24.4 Å². The molecular weight excluding hydrogens is 332 g/mol. The number of nitrogens with zero attached hydrogens (tertiary/aromatic N) is 2. The van der Waals surface area contributed by atoms with E-state index in [1.807, 2.05) is 35.7 Å². The first kappa shape index (κ1) is 16.6. The summed E-state index contributed by atoms with van der Waals surface area (Å²) in [4.78, 5) is 14.8. The number of likely N-dealkylation sites (N-methyl/N-ethyl adjacent to an activating group) is 1. The fraction of sp³-hybridized carbons (Fsp3) is 0.450. The second-order valence-electron chi connectivity index (χ2n) is 7.56. The first-order valence-corrected chi connectivity index (χ1v) is 9.95. The first-order chi connectivity index (χ1) is 12.1. The Morgan fingerprint density at radius 2 is 2.00 bits per heavy atom. The third-order valence-electron chi connectivity index (χ3n) is 5.69. The SMILES string of the molecule is C[N+]12CCC(CC1)[C@@H](OC(=O)N(Cc1ccsc1)c1ccccc1)C2. The van der Waals surface area contributed by atoms with Gasteiger partial charge in [0.25, 0.3) is 0 Å². The van der Waals surface area contributed by atoms with Crippen molar-refractivity contribution in [3.8, 4) is 0 Å². The molecule has 0 radical (unpaired) electrons. The van der Waals surface area contributed by atoms with Crippen molar-refractivity contribution < 1.29 is 14.0 Å². The van der Waals surface area contributed by atoms with Crippen LogP contribution in [0.25, 0.3) is 0 Å². The molecule has 25 heavy (non-hydrogen) atoms. The van der Waals surface area contributed by atoms with Gasteiger partial charge in [-0.2, -0.15) is 11.3 Å². The van der Waals surface area contributed by atoms with Crippen LogP contribution in [0, 0.1) is 5.92 Å². The average molecular weight is 357 g/mol. The molecule has 1 amide bonds. The van der Waals surface area contributed by atoms with Crippen molar-refractivity contribution >= 4 is 23.1 Å². The van der Waals surface area contributed by atoms with Crippen molar-refractivity contribution in [3.63, 3.8) is 0 Å². The van der Waals surface area contributed by atoms with Gasteiger partial charge < -0.3 is 9.22 Å². The molecule has 3 aliphatic rings. The summed E-state index contributed by atoms with van der Waals surface area (Å²) in [7, 11) is 2.29. The zero-order valence-corrected chi connectivity index (χ0v) is 15.5. The Bertz CT molecular complexity index is 709. The molecule has 4 nitrogen and oxygen atoms in total. The molecule has 3 fully saturated rings. The maximum atomic E-state index is 13.0. The van der Waals surface area contributed by atoms with Crippen molar-refractivity contribution in [1.82, 2.24) is 0 Å². The summed E-state index contributed by atoms with van der Waals surface area (Å²) in [5.41, 5.74) is 2.03. The molecule has 3 saturated heterocycles. The van der Waals surface area contributed by atoms with E-state index in [4.69, 9.17) is 4.74 Å². The molecule has 3 aliphatic heterocycles. The lowest BCUT2D eigenvalue weighted by Crippen LogP contribution is -2.62. The summed E-state index contributed by atoms with van der Waals surface area (Å²) >= 11 is 1.65. The minimum absolute atomic E-state index is 0.0497. The number of para-hydroxylation sites is 1. The molecule has 132 valence electrons. The first-order valence-electron chi connectivity index (χ1n) is 9.01. The highest BCUT2D eigenvalue weighted by molar-refractivity contribution is 7.07. The van der Waals surface area contributed by atoms with E-state index in [1.54, 1.807) is 16.2 Å². The number of quaternary nitrogens is 1. The van der Waals surface area contributed by atoms with Crippen molar-refractivity contribution in [1.29, 1.82) is 0 Å². The number of piperidine rings is 3. The van der Waals surface area contributed by atoms with Gasteiger partial charge in [-0.3, -0.25) is 4.90 Å². The summed E-state index contributed by atoms with van der Waals surface area (Å²) in [6.07, 6.45) is 2.17. The third kappa shape index (κ3) is 3.58. The van der Waals surface area contributed by atoms with E-state index in [9.17, 15) is 4.79 Å². The number of hydrogen-bond donors (Lipinski definition) is 0. The molecular formula is C20H25N2O2S+. The van der Waals surface area contributed by atoms with Crippen molar-refractivity contribution in [2.45, 2.75) is 25.5 Å². The maximum absolute atomic E-state index is 13.0. The number of amides is 1. The number of carbonyl (C=O) groups excluding carboxylic acids is 1. The molecule has 0 N–H and O–H groups in total. The van der Waals surface area contributed by atoms with Gasteiger partial charge >= 0.3 is 6.09 Å². The topological polar surface area (TPSA) is 29.5 Å². The van der Waals surface area contributed by atoms with E-state index in [2.05, 4.69) is 18.5 Å². The largest absolute Gasteiger partial charge is 0.440 e. The highest BCUT2D eigenvalue weighted by atomic mass is 32.1. The molecule has 2 aromatic rings. The van der Waals surface area contributed by atoms with E-state index in [0.717, 1.165) is 22.3 Å². The fourth-order valence-corrected chi connectivity index (χ4v) is 4.77. The molecule has 5 heteroatoms. The number of ether oxygens (including phenoxy) is 1. The predicted octanol–water partition coefficient (Wildman–Crippen LogP) is 4.13. The van der Waals surface area contributed by atoms with E-state index in [0.29, 0.717) is 12.5 Å². The van der Waals surface area contributed by atoms with Crippen LogP contribution in [-0.4, -0.2) is 43.4 Å². The number of carbonyl (C=O) groups is 1. The number of hydrogen-bond acceptors (Lipinski definition) is 3. The van der Waals surface area contributed by atoms with E-state index in [-0.39, 0.29) is 12.2 Å². The maximum Gasteiger partial charge on any atom is 0.415 e. The molecule has 1 aromatic carbocycles. The molecule has 4 heterocycles. The van der Waals surface area contributed by atoms with Crippen LogP contribution in [0.5, 0.6) is 0 Å². The van der Waals surface area contributed by atoms with Gasteiger partial charge in [-0.05, 0) is 34.5 Å². The van der Waals surface area contributed by atoms with E-state index < -0.39 is 0 Å². The standard InChI is InChI=1S/C20H25N2O2S/c1-22-10-7-17(8-11-22)19(14-22)24-20(23)21(13-16-9-12-25-15-16)18-5-3-2-4-6-18/h2-6,9,12,15,17,19H,7-8,10-11,13-14H2,1H3/q+1/t17?,19-,22?/m0/s1. The van der Waals surface area contributed by atoms with Gasteiger partial charge in [0.2, 0.25) is 0 Å². The number of rotatable bonds is 4. The van der Waals surface area contributed by atoms with Crippen molar-refractivity contribution in [3.05, 3.63) is 52.7 Å². The molecule has 5 rings (SSSR count). The van der Waals surface area contributed by atoms with Crippen LogP contribution in [-0.2, 0) is 11.3 Å². The van der Waals surface area contributed by atoms with Gasteiger partial charge in [0.1, 0.15) is 6.54 Å². The predicted molar refractivity (Wildman–Crippen MR) is 101 cm³/mol. The minimum atomic E-state index is -0.220. The van der Waals surface area contributed by atoms with Gasteiger partial charge in [-0.1, -0.05) is 18.2 Å². The zero-order chi connectivity index (χ0) is 17.3. The Balaban J connectivity index is 1.52. The Hall–Kier alpha value is -1.85. The normalized spacial score (nSPS) is 27.9. The highest BCUT2D eigenvalue weighted by Gasteiger charge is 2.45. The lowest BCUT2D eigenvalue weighted by Gasteiger charge is -2.49. The average Bonchev–Trinajstić information content (AvgIpc) is 3.14. The number of benzene rings is 1. The van der Waals surface area contributed by atoms with E-state index in [1.165, 1.54) is 25.9 Å². The van der Waals surface area contributed by atoms with Crippen LogP contribution in [0.1, 0.15) is 18.4 Å². The fourth-order valence-electron chi connectivity index (χ4n) is 4.11. The lowest BCUT2D eigenvalue weighted by atomic mass is 9.84. The summed E-state index contributed by atoms with van der Waals surface area (Å²) in [5.74, 6) is 0.530. The zero-order valence-electron chi connectivity index (χ0n) is 14.6. The summed E-state index contributed by atoms with van der Waals surface area (Å²) in [6, 6.07) is 11.9. The Kier molecular flexibility index (Phi) is 4.52. The van der Waals surface area contributed by atoms with Crippen molar-refractivity contribution in [2.75, 3.05) is 31.6 Å². The highest BCUT2D eigenvalue weighted by Crippen LogP contribution is 2.34. The van der Waals surface area contributed by atoms with Gasteiger partial charge in [0.05, 0.1) is 26.7 Å². The van der Waals surface area contributed by atoms with Crippen LogP contribution in [0.3, 0.4) is 0 Å². The second kappa shape index (κ2) is 6.81. The van der Waals surface area contributed by atoms with Gasteiger partial charge in [-0.15, -0.1) is 0 Å². The monoisotopic (exact) mass is 357 g/mol. The van der Waals surface area contributed by atoms with E-state index >= 15 is 0 Å². The quantitative estimate of drug-likeness (QED) is 0.770. The molecule has 1 atom stereocenters. The minimum Gasteiger partial charge on any atom is -0.440 e. The molecule has 0 unspecified atom stereocenters. The Morgan fingerprint density at radius 3 is 2.64 bits per heavy atom. The smallest absolute Gasteiger partial charge is 0.415 e. The number of thiophene rings is 1. The Morgan fingerprint density at radius 1 is 1.24 bits per heavy atom. The molecule has 0 saturated carbocycles. The number of anilines is 1. The summed E-state index contributed by atoms with van der Waals surface area (Å²) in [6.45, 7) is 3.94. The summed E-state index contributed by atoms with van der Waals surface area (Å²) < 4.78 is 7.08. The third-order valence-corrected chi connectivity index (χ3v) is 6.42. The Labute approximate surface area is 153 Å². The lowest BCUT2D eigenvalue weighted by molar-refractivity contribution is -0.928. The van der Waals surface area contributed by atoms with Crippen LogP contribution in [0.4, 0.5) is 10.5 Å². The van der Waals surface area contributed by atoms with Crippen LogP contribution >= 0.6 is 11.3 Å². The van der Waals surface area contributed by atoms with Gasteiger partial charge in [0.15, 0.2) is 6.10 Å². The van der Waals surface area contributed by atoms with Crippen LogP contribution in [0.15, 0.2) is 47.2 Å².